The normalized spacial score (nSPS) is 10.7. The molecule has 0 aliphatic carbocycles. The van der Waals surface area contributed by atoms with Crippen LogP contribution >= 0.6 is 0 Å². The van der Waals surface area contributed by atoms with Crippen LogP contribution in [0.25, 0.3) is 11.0 Å². The molecule has 4 N–H and O–H groups in total. The number of hydrogen-bond donors (Lipinski definition) is 4. The Morgan fingerprint density at radius 1 is 0.926 bits per heavy atom. The second-order valence-corrected chi connectivity index (χ2v) is 5.93. The smallest absolute Gasteiger partial charge is 0.323 e. The van der Waals surface area contributed by atoms with E-state index in [1.165, 1.54) is 12.4 Å². The van der Waals surface area contributed by atoms with Gasteiger partial charge in [-0.25, -0.2) is 4.79 Å². The number of benzene rings is 1. The molecule has 0 saturated heterocycles. The van der Waals surface area contributed by atoms with Crippen molar-refractivity contribution < 1.29 is 4.79 Å². The molecule has 0 spiro atoms. The number of amides is 1. The standard InChI is InChI=1S/C19H16N6O2/c26-18(15-10-21-11-16-17(15)25-19(27)24-16)22-9-12-1-3-13(4-2-12)23-14-5-7-20-8-6-14/h1-8,10-11H,9H2,(H,20,23)(H,22,26)(H2,24,25,27). The molecule has 1 aromatic carbocycles. The number of hydrogen-bond acceptors (Lipinski definition) is 5. The number of carbonyl (C=O) groups is 1. The second kappa shape index (κ2) is 7.12. The second-order valence-electron chi connectivity index (χ2n) is 5.93. The van der Waals surface area contributed by atoms with Gasteiger partial charge in [-0.2, -0.15) is 0 Å². The van der Waals surface area contributed by atoms with Crippen molar-refractivity contribution in [1.82, 2.24) is 25.3 Å². The largest absolute Gasteiger partial charge is 0.355 e. The molecule has 3 heterocycles. The molecular weight excluding hydrogens is 344 g/mol. The number of aromatic amines is 2. The van der Waals surface area contributed by atoms with Crippen molar-refractivity contribution in [1.29, 1.82) is 0 Å². The Morgan fingerprint density at radius 3 is 2.44 bits per heavy atom. The minimum Gasteiger partial charge on any atom is -0.355 e. The first-order valence-electron chi connectivity index (χ1n) is 8.29. The van der Waals surface area contributed by atoms with Gasteiger partial charge in [0.1, 0.15) is 0 Å². The van der Waals surface area contributed by atoms with Crippen molar-refractivity contribution >= 4 is 28.3 Å². The number of pyridine rings is 2. The molecule has 27 heavy (non-hydrogen) atoms. The summed E-state index contributed by atoms with van der Waals surface area (Å²) in [5.74, 6) is -0.303. The molecule has 0 bridgehead atoms. The van der Waals surface area contributed by atoms with E-state index in [0.717, 1.165) is 16.9 Å². The zero-order chi connectivity index (χ0) is 18.6. The summed E-state index contributed by atoms with van der Waals surface area (Å²) in [5, 5.41) is 6.11. The van der Waals surface area contributed by atoms with Crippen LogP contribution in [0.15, 0.2) is 66.0 Å². The molecule has 0 atom stereocenters. The van der Waals surface area contributed by atoms with Crippen LogP contribution in [-0.4, -0.2) is 25.8 Å². The Morgan fingerprint density at radius 2 is 1.67 bits per heavy atom. The van der Waals surface area contributed by atoms with Crippen molar-refractivity contribution in [3.8, 4) is 0 Å². The van der Waals surface area contributed by atoms with Gasteiger partial charge in [0.25, 0.3) is 5.91 Å². The highest BCUT2D eigenvalue weighted by Crippen LogP contribution is 2.16. The Bertz CT molecular complexity index is 1130. The predicted molar refractivity (Wildman–Crippen MR) is 102 cm³/mol. The van der Waals surface area contributed by atoms with Crippen LogP contribution in [0.3, 0.4) is 0 Å². The maximum absolute atomic E-state index is 12.4. The first-order valence-corrected chi connectivity index (χ1v) is 8.29. The SMILES string of the molecule is O=C(NCc1ccc(Nc2ccncc2)cc1)c1cncc2[nH]c(=O)[nH]c12. The number of aromatic nitrogens is 4. The van der Waals surface area contributed by atoms with Gasteiger partial charge in [0.05, 0.1) is 22.8 Å². The molecule has 3 aromatic heterocycles. The molecule has 134 valence electrons. The van der Waals surface area contributed by atoms with Crippen LogP contribution in [0, 0.1) is 0 Å². The summed E-state index contributed by atoms with van der Waals surface area (Å²) in [5.41, 5.74) is 3.74. The summed E-state index contributed by atoms with van der Waals surface area (Å²) < 4.78 is 0. The summed E-state index contributed by atoms with van der Waals surface area (Å²) in [7, 11) is 0. The summed E-state index contributed by atoms with van der Waals surface area (Å²) in [4.78, 5) is 37.0. The summed E-state index contributed by atoms with van der Waals surface area (Å²) in [6, 6.07) is 11.5. The molecule has 8 nitrogen and oxygen atoms in total. The van der Waals surface area contributed by atoms with Gasteiger partial charge in [0, 0.05) is 36.5 Å². The molecule has 4 rings (SSSR count). The minimum atomic E-state index is -0.371. The van der Waals surface area contributed by atoms with E-state index >= 15 is 0 Å². The van der Waals surface area contributed by atoms with E-state index in [9.17, 15) is 9.59 Å². The lowest BCUT2D eigenvalue weighted by atomic mass is 10.2. The van der Waals surface area contributed by atoms with Gasteiger partial charge in [-0.1, -0.05) is 12.1 Å². The van der Waals surface area contributed by atoms with Crippen LogP contribution in [-0.2, 0) is 6.54 Å². The van der Waals surface area contributed by atoms with Crippen molar-refractivity contribution in [2.75, 3.05) is 5.32 Å². The van der Waals surface area contributed by atoms with Gasteiger partial charge in [0.2, 0.25) is 0 Å². The number of anilines is 2. The van der Waals surface area contributed by atoms with Gasteiger partial charge >= 0.3 is 5.69 Å². The molecule has 0 saturated carbocycles. The Hall–Kier alpha value is -3.94. The average Bonchev–Trinajstić information content (AvgIpc) is 3.08. The molecule has 8 heteroatoms. The van der Waals surface area contributed by atoms with E-state index in [4.69, 9.17) is 0 Å². The van der Waals surface area contributed by atoms with Gasteiger partial charge in [0.15, 0.2) is 0 Å². The van der Waals surface area contributed by atoms with Crippen LogP contribution in [0.5, 0.6) is 0 Å². The number of imidazole rings is 1. The number of nitrogens with one attached hydrogen (secondary N) is 4. The predicted octanol–water partition coefficient (Wildman–Crippen LogP) is 2.32. The molecule has 0 aliphatic rings. The number of carbonyl (C=O) groups excluding carboxylic acids is 1. The third-order valence-corrected chi connectivity index (χ3v) is 4.05. The average molecular weight is 360 g/mol. The Labute approximate surface area is 153 Å². The molecular formula is C19H16N6O2. The first kappa shape index (κ1) is 16.5. The number of rotatable bonds is 5. The van der Waals surface area contributed by atoms with E-state index in [1.807, 2.05) is 36.4 Å². The fourth-order valence-electron chi connectivity index (χ4n) is 2.71. The number of nitrogens with zero attached hydrogens (tertiary/aromatic N) is 2. The van der Waals surface area contributed by atoms with Gasteiger partial charge < -0.3 is 20.6 Å². The number of fused-ring (bicyclic) bond motifs is 1. The van der Waals surface area contributed by atoms with Crippen LogP contribution in [0.4, 0.5) is 11.4 Å². The van der Waals surface area contributed by atoms with Crippen molar-refractivity contribution in [2.24, 2.45) is 0 Å². The van der Waals surface area contributed by atoms with Gasteiger partial charge in [-0.15, -0.1) is 0 Å². The summed E-state index contributed by atoms with van der Waals surface area (Å²) >= 11 is 0. The highest BCUT2D eigenvalue weighted by molar-refractivity contribution is 6.04. The Balaban J connectivity index is 1.42. The van der Waals surface area contributed by atoms with Crippen LogP contribution in [0.2, 0.25) is 0 Å². The van der Waals surface area contributed by atoms with Crippen molar-refractivity contribution in [3.05, 3.63) is 82.8 Å². The first-order chi connectivity index (χ1) is 13.2. The third-order valence-electron chi connectivity index (χ3n) is 4.05. The van der Waals surface area contributed by atoms with Crippen LogP contribution < -0.4 is 16.3 Å². The monoisotopic (exact) mass is 360 g/mol. The lowest BCUT2D eigenvalue weighted by Crippen LogP contribution is -2.23. The maximum atomic E-state index is 12.4. The van der Waals surface area contributed by atoms with Crippen molar-refractivity contribution in [2.45, 2.75) is 6.54 Å². The fourth-order valence-corrected chi connectivity index (χ4v) is 2.71. The molecule has 0 radical (unpaired) electrons. The summed E-state index contributed by atoms with van der Waals surface area (Å²) in [6.45, 7) is 0.361. The highest BCUT2D eigenvalue weighted by Gasteiger charge is 2.12. The van der Waals surface area contributed by atoms with Crippen LogP contribution in [0.1, 0.15) is 15.9 Å². The van der Waals surface area contributed by atoms with Gasteiger partial charge in [-0.3, -0.25) is 14.8 Å². The zero-order valence-corrected chi connectivity index (χ0v) is 14.2. The van der Waals surface area contributed by atoms with Gasteiger partial charge in [-0.05, 0) is 29.8 Å². The Kier molecular flexibility index (Phi) is 4.36. The number of H-pyrrole nitrogens is 2. The quantitative estimate of drug-likeness (QED) is 0.436. The molecule has 0 fully saturated rings. The lowest BCUT2D eigenvalue weighted by molar-refractivity contribution is 0.0952. The van der Waals surface area contributed by atoms with E-state index in [1.54, 1.807) is 12.4 Å². The van der Waals surface area contributed by atoms with E-state index in [-0.39, 0.29) is 11.6 Å². The van der Waals surface area contributed by atoms with E-state index in [2.05, 4.69) is 30.6 Å². The van der Waals surface area contributed by atoms with E-state index in [0.29, 0.717) is 23.1 Å². The molecule has 4 aromatic rings. The fraction of sp³-hybridized carbons (Fsp3) is 0.0526. The topological polar surface area (TPSA) is 116 Å². The lowest BCUT2D eigenvalue weighted by Gasteiger charge is -2.08. The molecule has 0 unspecified atom stereocenters. The highest BCUT2D eigenvalue weighted by atomic mass is 16.2. The summed E-state index contributed by atoms with van der Waals surface area (Å²) in [6.07, 6.45) is 6.38. The minimum absolute atomic E-state index is 0.303. The molecule has 1 amide bonds. The zero-order valence-electron chi connectivity index (χ0n) is 14.2. The third kappa shape index (κ3) is 3.69. The van der Waals surface area contributed by atoms with Crippen molar-refractivity contribution in [3.63, 3.8) is 0 Å². The van der Waals surface area contributed by atoms with E-state index < -0.39 is 0 Å². The molecule has 0 aliphatic heterocycles. The maximum Gasteiger partial charge on any atom is 0.323 e.